The number of carbonyl (C=O) groups excluding carboxylic acids is 1. The zero-order chi connectivity index (χ0) is 12.5. The van der Waals surface area contributed by atoms with Crippen molar-refractivity contribution in [2.24, 2.45) is 0 Å². The van der Waals surface area contributed by atoms with Crippen molar-refractivity contribution in [2.75, 3.05) is 6.54 Å². The van der Waals surface area contributed by atoms with Crippen molar-refractivity contribution >= 4 is 17.5 Å². The van der Waals surface area contributed by atoms with Gasteiger partial charge in [0.2, 0.25) is 0 Å². The number of fused-ring (bicyclic) bond motifs is 1. The minimum absolute atomic E-state index is 0.105. The van der Waals surface area contributed by atoms with Gasteiger partial charge in [0.15, 0.2) is 0 Å². The molecule has 0 atom stereocenters. The van der Waals surface area contributed by atoms with E-state index >= 15 is 0 Å². The van der Waals surface area contributed by atoms with Crippen LogP contribution in [0.4, 0.5) is 0 Å². The lowest BCUT2D eigenvalue weighted by Gasteiger charge is -2.27. The molecule has 0 spiro atoms. The molecule has 0 bridgehead atoms. The molecule has 0 saturated heterocycles. The van der Waals surface area contributed by atoms with Gasteiger partial charge in [0, 0.05) is 36.7 Å². The molecular formula is C12H11ClN4O. The first kappa shape index (κ1) is 11.2. The number of nitrogens with zero attached hydrogens (tertiary/aromatic N) is 4. The summed E-state index contributed by atoms with van der Waals surface area (Å²) in [5, 5.41) is 0.520. The van der Waals surface area contributed by atoms with Crippen LogP contribution in [0.2, 0.25) is 5.02 Å². The predicted molar refractivity (Wildman–Crippen MR) is 66.2 cm³/mol. The molecule has 2 aromatic heterocycles. The lowest BCUT2D eigenvalue weighted by atomic mass is 10.2. The maximum absolute atomic E-state index is 12.3. The second kappa shape index (κ2) is 4.42. The van der Waals surface area contributed by atoms with Gasteiger partial charge in [-0.25, -0.2) is 4.98 Å². The molecule has 3 rings (SSSR count). The Bertz CT molecular complexity index is 595. The smallest absolute Gasteiger partial charge is 0.272 e. The maximum atomic E-state index is 12.3. The van der Waals surface area contributed by atoms with Crippen molar-refractivity contribution in [3.05, 3.63) is 47.3 Å². The van der Waals surface area contributed by atoms with E-state index in [0.717, 1.165) is 12.4 Å². The first-order valence-corrected chi connectivity index (χ1v) is 6.03. The summed E-state index contributed by atoms with van der Waals surface area (Å²) in [7, 11) is 0. The number of hydrogen-bond donors (Lipinski definition) is 0. The average Bonchev–Trinajstić information content (AvgIpc) is 2.85. The van der Waals surface area contributed by atoms with Crippen LogP contribution in [0.1, 0.15) is 16.3 Å². The van der Waals surface area contributed by atoms with E-state index in [-0.39, 0.29) is 5.91 Å². The van der Waals surface area contributed by atoms with Crippen LogP contribution in [0.25, 0.3) is 0 Å². The van der Waals surface area contributed by atoms with Crippen molar-refractivity contribution in [3.63, 3.8) is 0 Å². The summed E-state index contributed by atoms with van der Waals surface area (Å²) in [5.74, 6) is 0.795. The molecule has 0 saturated carbocycles. The largest absolute Gasteiger partial charge is 0.332 e. The van der Waals surface area contributed by atoms with E-state index in [1.165, 1.54) is 0 Å². The van der Waals surface area contributed by atoms with Crippen molar-refractivity contribution in [3.8, 4) is 0 Å². The standard InChI is InChI=1S/C12H11ClN4O/c13-9-1-2-14-10(7-9)12(18)17-6-5-16-4-3-15-11(16)8-17/h1-4,7H,5-6,8H2. The Morgan fingerprint density at radius 3 is 3.00 bits per heavy atom. The molecular weight excluding hydrogens is 252 g/mol. The Balaban J connectivity index is 1.83. The second-order valence-electron chi connectivity index (χ2n) is 4.12. The topological polar surface area (TPSA) is 51.0 Å². The first-order valence-electron chi connectivity index (χ1n) is 5.65. The van der Waals surface area contributed by atoms with Crippen molar-refractivity contribution < 1.29 is 4.79 Å². The number of imidazole rings is 1. The van der Waals surface area contributed by atoms with E-state index in [1.54, 1.807) is 29.4 Å². The van der Waals surface area contributed by atoms with Gasteiger partial charge in [-0.05, 0) is 12.1 Å². The van der Waals surface area contributed by atoms with E-state index in [2.05, 4.69) is 14.5 Å². The summed E-state index contributed by atoms with van der Waals surface area (Å²) in [6.45, 7) is 1.94. The van der Waals surface area contributed by atoms with Crippen LogP contribution in [-0.2, 0) is 13.1 Å². The molecule has 0 aromatic carbocycles. The summed E-state index contributed by atoms with van der Waals surface area (Å²) >= 11 is 5.86. The molecule has 0 aliphatic carbocycles. The monoisotopic (exact) mass is 262 g/mol. The minimum atomic E-state index is -0.105. The number of hydrogen-bond acceptors (Lipinski definition) is 3. The fourth-order valence-corrected chi connectivity index (χ4v) is 2.19. The molecule has 3 heterocycles. The highest BCUT2D eigenvalue weighted by atomic mass is 35.5. The van der Waals surface area contributed by atoms with E-state index in [0.29, 0.717) is 23.8 Å². The van der Waals surface area contributed by atoms with Crippen LogP contribution in [0.3, 0.4) is 0 Å². The van der Waals surface area contributed by atoms with E-state index in [1.807, 2.05) is 6.20 Å². The van der Waals surface area contributed by atoms with Crippen LogP contribution in [0.5, 0.6) is 0 Å². The van der Waals surface area contributed by atoms with Crippen LogP contribution in [0.15, 0.2) is 30.7 Å². The number of aromatic nitrogens is 3. The zero-order valence-corrected chi connectivity index (χ0v) is 10.3. The zero-order valence-electron chi connectivity index (χ0n) is 9.58. The number of amides is 1. The molecule has 1 amide bonds. The van der Waals surface area contributed by atoms with Gasteiger partial charge in [-0.3, -0.25) is 9.78 Å². The van der Waals surface area contributed by atoms with Crippen LogP contribution in [-0.4, -0.2) is 31.9 Å². The van der Waals surface area contributed by atoms with Gasteiger partial charge < -0.3 is 9.47 Å². The summed E-state index contributed by atoms with van der Waals surface area (Å²) in [6.07, 6.45) is 5.22. The number of pyridine rings is 1. The Morgan fingerprint density at radius 1 is 1.28 bits per heavy atom. The number of halogens is 1. The third-order valence-corrected chi connectivity index (χ3v) is 3.21. The van der Waals surface area contributed by atoms with Gasteiger partial charge in [-0.15, -0.1) is 0 Å². The van der Waals surface area contributed by atoms with Gasteiger partial charge >= 0.3 is 0 Å². The lowest BCUT2D eigenvalue weighted by Crippen LogP contribution is -2.38. The highest BCUT2D eigenvalue weighted by Crippen LogP contribution is 2.15. The molecule has 6 heteroatoms. The molecule has 0 unspecified atom stereocenters. The Morgan fingerprint density at radius 2 is 2.17 bits per heavy atom. The van der Waals surface area contributed by atoms with Crippen LogP contribution < -0.4 is 0 Å². The van der Waals surface area contributed by atoms with Crippen molar-refractivity contribution in [2.45, 2.75) is 13.1 Å². The predicted octanol–water partition coefficient (Wildman–Crippen LogP) is 1.59. The Kier molecular flexibility index (Phi) is 2.76. The average molecular weight is 263 g/mol. The van der Waals surface area contributed by atoms with Gasteiger partial charge in [0.05, 0.1) is 6.54 Å². The molecule has 1 aliphatic heterocycles. The highest BCUT2D eigenvalue weighted by Gasteiger charge is 2.23. The molecule has 18 heavy (non-hydrogen) atoms. The Hall–Kier alpha value is -1.88. The third kappa shape index (κ3) is 1.97. The van der Waals surface area contributed by atoms with E-state index in [9.17, 15) is 4.79 Å². The van der Waals surface area contributed by atoms with Gasteiger partial charge in [0.1, 0.15) is 11.5 Å². The normalized spacial score (nSPS) is 14.4. The summed E-state index contributed by atoms with van der Waals surface area (Å²) < 4.78 is 2.05. The molecule has 92 valence electrons. The van der Waals surface area contributed by atoms with Crippen molar-refractivity contribution in [1.82, 2.24) is 19.4 Å². The lowest BCUT2D eigenvalue weighted by molar-refractivity contribution is 0.0701. The van der Waals surface area contributed by atoms with Gasteiger partial charge in [-0.2, -0.15) is 0 Å². The maximum Gasteiger partial charge on any atom is 0.272 e. The van der Waals surface area contributed by atoms with Crippen LogP contribution >= 0.6 is 11.6 Å². The molecule has 2 aromatic rings. The summed E-state index contributed by atoms with van der Waals surface area (Å²) in [6, 6.07) is 3.24. The molecule has 0 radical (unpaired) electrons. The fourth-order valence-electron chi connectivity index (χ4n) is 2.03. The number of rotatable bonds is 1. The fraction of sp³-hybridized carbons (Fsp3) is 0.250. The molecule has 5 nitrogen and oxygen atoms in total. The molecule has 0 N–H and O–H groups in total. The summed E-state index contributed by atoms with van der Waals surface area (Å²) in [4.78, 5) is 22.3. The quantitative estimate of drug-likeness (QED) is 0.784. The third-order valence-electron chi connectivity index (χ3n) is 2.97. The van der Waals surface area contributed by atoms with Gasteiger partial charge in [0.25, 0.3) is 5.91 Å². The van der Waals surface area contributed by atoms with Crippen molar-refractivity contribution in [1.29, 1.82) is 0 Å². The summed E-state index contributed by atoms with van der Waals surface area (Å²) in [5.41, 5.74) is 0.377. The number of carbonyl (C=O) groups is 1. The van der Waals surface area contributed by atoms with Crippen LogP contribution in [0, 0.1) is 0 Å². The highest BCUT2D eigenvalue weighted by molar-refractivity contribution is 6.30. The molecule has 0 fully saturated rings. The van der Waals surface area contributed by atoms with E-state index in [4.69, 9.17) is 11.6 Å². The minimum Gasteiger partial charge on any atom is -0.332 e. The molecule has 1 aliphatic rings. The second-order valence-corrected chi connectivity index (χ2v) is 4.56. The Labute approximate surface area is 109 Å². The SMILES string of the molecule is O=C(c1cc(Cl)ccn1)N1CCn2ccnc2C1. The first-order chi connectivity index (χ1) is 8.74. The van der Waals surface area contributed by atoms with Gasteiger partial charge in [-0.1, -0.05) is 11.6 Å². The van der Waals surface area contributed by atoms with E-state index < -0.39 is 0 Å².